The molecule has 0 N–H and O–H groups in total. The SMILES string of the molecule is O=C([C@H]1N=CO[C@@H]1c1ccc2ccccc2c1)N1CCCC1. The van der Waals surface area contributed by atoms with Crippen molar-refractivity contribution in [1.29, 1.82) is 0 Å². The van der Waals surface area contributed by atoms with Crippen molar-refractivity contribution >= 4 is 23.1 Å². The van der Waals surface area contributed by atoms with Crippen molar-refractivity contribution in [2.75, 3.05) is 13.1 Å². The van der Waals surface area contributed by atoms with Crippen molar-refractivity contribution in [3.63, 3.8) is 0 Å². The van der Waals surface area contributed by atoms with Crippen LogP contribution in [0.3, 0.4) is 0 Å². The second kappa shape index (κ2) is 5.44. The molecule has 0 spiro atoms. The minimum atomic E-state index is -0.445. The van der Waals surface area contributed by atoms with Gasteiger partial charge >= 0.3 is 0 Å². The number of hydrogen-bond acceptors (Lipinski definition) is 3. The highest BCUT2D eigenvalue weighted by Crippen LogP contribution is 2.31. The van der Waals surface area contributed by atoms with Gasteiger partial charge in [0.05, 0.1) is 0 Å². The van der Waals surface area contributed by atoms with Crippen molar-refractivity contribution in [2.45, 2.75) is 25.0 Å². The van der Waals surface area contributed by atoms with Gasteiger partial charge in [-0.3, -0.25) is 4.79 Å². The van der Waals surface area contributed by atoms with Crippen LogP contribution in [0.15, 0.2) is 47.5 Å². The number of aliphatic imine (C=N–C) groups is 1. The first-order valence-corrected chi connectivity index (χ1v) is 7.77. The summed E-state index contributed by atoms with van der Waals surface area (Å²) in [7, 11) is 0. The molecule has 2 atom stereocenters. The van der Waals surface area contributed by atoms with Crippen molar-refractivity contribution < 1.29 is 9.53 Å². The number of rotatable bonds is 2. The van der Waals surface area contributed by atoms with Crippen LogP contribution in [-0.2, 0) is 9.53 Å². The van der Waals surface area contributed by atoms with Gasteiger partial charge in [0, 0.05) is 13.1 Å². The Morgan fingerprint density at radius 3 is 2.68 bits per heavy atom. The van der Waals surface area contributed by atoms with Crippen LogP contribution in [0.4, 0.5) is 0 Å². The first-order valence-electron chi connectivity index (χ1n) is 7.77. The summed E-state index contributed by atoms with van der Waals surface area (Å²) in [6.45, 7) is 1.69. The van der Waals surface area contributed by atoms with Crippen LogP contribution in [0, 0.1) is 0 Å². The summed E-state index contributed by atoms with van der Waals surface area (Å²) in [6, 6.07) is 14.0. The highest BCUT2D eigenvalue weighted by Gasteiger charge is 2.37. The zero-order valence-electron chi connectivity index (χ0n) is 12.3. The highest BCUT2D eigenvalue weighted by atomic mass is 16.5. The third-order valence-electron chi connectivity index (χ3n) is 4.49. The fraction of sp³-hybridized carbons (Fsp3) is 0.333. The van der Waals surface area contributed by atoms with E-state index in [9.17, 15) is 4.79 Å². The summed E-state index contributed by atoms with van der Waals surface area (Å²) < 4.78 is 5.64. The van der Waals surface area contributed by atoms with E-state index in [1.54, 1.807) is 0 Å². The maximum Gasteiger partial charge on any atom is 0.251 e. The lowest BCUT2D eigenvalue weighted by Crippen LogP contribution is -2.38. The molecule has 0 bridgehead atoms. The lowest BCUT2D eigenvalue weighted by molar-refractivity contribution is -0.133. The molecule has 0 aliphatic carbocycles. The molecule has 0 radical (unpaired) electrons. The normalized spacial score (nSPS) is 23.9. The maximum atomic E-state index is 12.6. The van der Waals surface area contributed by atoms with E-state index in [0.29, 0.717) is 0 Å². The van der Waals surface area contributed by atoms with E-state index in [1.165, 1.54) is 11.8 Å². The second-order valence-electron chi connectivity index (χ2n) is 5.89. The van der Waals surface area contributed by atoms with E-state index in [-0.39, 0.29) is 12.0 Å². The molecule has 0 aromatic heterocycles. The lowest BCUT2D eigenvalue weighted by Gasteiger charge is -2.22. The quantitative estimate of drug-likeness (QED) is 0.854. The van der Waals surface area contributed by atoms with Crippen LogP contribution in [0.1, 0.15) is 24.5 Å². The van der Waals surface area contributed by atoms with Crippen LogP contribution in [0.2, 0.25) is 0 Å². The van der Waals surface area contributed by atoms with Crippen LogP contribution < -0.4 is 0 Å². The van der Waals surface area contributed by atoms with Gasteiger partial charge in [0.15, 0.2) is 18.5 Å². The first-order chi connectivity index (χ1) is 10.8. The molecular weight excluding hydrogens is 276 g/mol. The molecule has 2 heterocycles. The fourth-order valence-corrected chi connectivity index (χ4v) is 3.28. The van der Waals surface area contributed by atoms with Crippen LogP contribution in [-0.4, -0.2) is 36.3 Å². The van der Waals surface area contributed by atoms with E-state index in [2.05, 4.69) is 29.3 Å². The van der Waals surface area contributed by atoms with E-state index in [1.807, 2.05) is 23.1 Å². The second-order valence-corrected chi connectivity index (χ2v) is 5.89. The average molecular weight is 294 g/mol. The molecule has 0 unspecified atom stereocenters. The van der Waals surface area contributed by atoms with Crippen molar-refractivity contribution in [2.24, 2.45) is 4.99 Å². The molecule has 1 amide bonds. The summed E-state index contributed by atoms with van der Waals surface area (Å²) in [5, 5.41) is 2.34. The summed E-state index contributed by atoms with van der Waals surface area (Å²) >= 11 is 0. The van der Waals surface area contributed by atoms with Crippen LogP contribution in [0.5, 0.6) is 0 Å². The molecular formula is C18H18N2O2. The Kier molecular flexibility index (Phi) is 3.29. The molecule has 2 aliphatic heterocycles. The molecule has 0 saturated carbocycles. The molecule has 2 aromatic rings. The Bertz CT molecular complexity index is 735. The van der Waals surface area contributed by atoms with Gasteiger partial charge < -0.3 is 9.64 Å². The Labute approximate surface area is 129 Å². The number of hydrogen-bond donors (Lipinski definition) is 0. The third kappa shape index (κ3) is 2.25. The highest BCUT2D eigenvalue weighted by molar-refractivity contribution is 5.87. The summed E-state index contributed by atoms with van der Waals surface area (Å²) in [5.74, 6) is 0.0874. The van der Waals surface area contributed by atoms with E-state index >= 15 is 0 Å². The van der Waals surface area contributed by atoms with E-state index in [0.717, 1.165) is 36.9 Å². The fourth-order valence-electron chi connectivity index (χ4n) is 3.28. The molecule has 4 nitrogen and oxygen atoms in total. The predicted molar refractivity (Wildman–Crippen MR) is 85.9 cm³/mol. The first kappa shape index (κ1) is 13.3. The van der Waals surface area contributed by atoms with Gasteiger partial charge in [-0.1, -0.05) is 36.4 Å². The van der Waals surface area contributed by atoms with Gasteiger partial charge in [-0.05, 0) is 35.2 Å². The van der Waals surface area contributed by atoms with E-state index < -0.39 is 6.04 Å². The number of nitrogens with zero attached hydrogens (tertiary/aromatic N) is 2. The molecule has 1 fully saturated rings. The van der Waals surface area contributed by atoms with Gasteiger partial charge in [-0.2, -0.15) is 0 Å². The zero-order valence-corrected chi connectivity index (χ0v) is 12.3. The standard InChI is InChI=1S/C18H18N2O2/c21-18(20-9-3-4-10-20)16-17(22-12-19-16)15-8-7-13-5-1-2-6-14(13)11-15/h1-2,5-8,11-12,16-17H,3-4,9-10H2/t16-,17+/m0/s1. The summed E-state index contributed by atoms with van der Waals surface area (Å²) in [4.78, 5) is 18.8. The lowest BCUT2D eigenvalue weighted by atomic mass is 9.98. The average Bonchev–Trinajstić information content (AvgIpc) is 3.25. The number of benzene rings is 2. The Morgan fingerprint density at radius 2 is 1.86 bits per heavy atom. The number of carbonyl (C=O) groups excluding carboxylic acids is 1. The molecule has 2 aromatic carbocycles. The largest absolute Gasteiger partial charge is 0.473 e. The van der Waals surface area contributed by atoms with Gasteiger partial charge in [-0.25, -0.2) is 4.99 Å². The smallest absolute Gasteiger partial charge is 0.251 e. The minimum absolute atomic E-state index is 0.0874. The van der Waals surface area contributed by atoms with Crippen molar-refractivity contribution in [3.8, 4) is 0 Å². The Morgan fingerprint density at radius 1 is 1.09 bits per heavy atom. The maximum absolute atomic E-state index is 12.6. The van der Waals surface area contributed by atoms with Crippen molar-refractivity contribution in [3.05, 3.63) is 48.0 Å². The van der Waals surface area contributed by atoms with E-state index in [4.69, 9.17) is 4.74 Å². The summed E-state index contributed by atoms with van der Waals surface area (Å²) in [5.41, 5.74) is 1.01. The van der Waals surface area contributed by atoms with Crippen LogP contribution in [0.25, 0.3) is 10.8 Å². The molecule has 22 heavy (non-hydrogen) atoms. The van der Waals surface area contributed by atoms with Crippen molar-refractivity contribution in [1.82, 2.24) is 4.90 Å². The molecule has 4 rings (SSSR count). The number of likely N-dealkylation sites (tertiary alicyclic amines) is 1. The summed E-state index contributed by atoms with van der Waals surface area (Å²) in [6.07, 6.45) is 3.30. The number of fused-ring (bicyclic) bond motifs is 1. The molecule has 1 saturated heterocycles. The number of ether oxygens (including phenoxy) is 1. The molecule has 2 aliphatic rings. The zero-order chi connectivity index (χ0) is 14.9. The molecule has 112 valence electrons. The van der Waals surface area contributed by atoms with Gasteiger partial charge in [0.2, 0.25) is 0 Å². The monoisotopic (exact) mass is 294 g/mol. The Balaban J connectivity index is 1.63. The van der Waals surface area contributed by atoms with Gasteiger partial charge in [-0.15, -0.1) is 0 Å². The topological polar surface area (TPSA) is 41.9 Å². The number of amides is 1. The van der Waals surface area contributed by atoms with Gasteiger partial charge in [0.25, 0.3) is 5.91 Å². The third-order valence-corrected chi connectivity index (χ3v) is 4.49. The minimum Gasteiger partial charge on any atom is -0.473 e. The molecule has 4 heteroatoms. The number of carbonyl (C=O) groups is 1. The Hall–Kier alpha value is -2.36. The predicted octanol–water partition coefficient (Wildman–Crippen LogP) is 2.93. The van der Waals surface area contributed by atoms with Crippen LogP contribution >= 0.6 is 0 Å². The van der Waals surface area contributed by atoms with Gasteiger partial charge in [0.1, 0.15) is 0 Å².